The van der Waals surface area contributed by atoms with Crippen LogP contribution in [0.5, 0.6) is 5.75 Å². The zero-order valence-electron chi connectivity index (χ0n) is 11.0. The van der Waals surface area contributed by atoms with Gasteiger partial charge in [0.25, 0.3) is 0 Å². The molecule has 0 saturated carbocycles. The average Bonchev–Trinajstić information content (AvgIpc) is 2.86. The summed E-state index contributed by atoms with van der Waals surface area (Å²) in [6.45, 7) is 1.91. The summed E-state index contributed by atoms with van der Waals surface area (Å²) < 4.78 is 44.6. The molecule has 0 spiro atoms. The lowest BCUT2D eigenvalue weighted by molar-refractivity contribution is -0.274. The lowest BCUT2D eigenvalue weighted by Gasteiger charge is -2.17. The molecule has 1 aromatic carbocycles. The highest BCUT2D eigenvalue weighted by Crippen LogP contribution is 2.30. The fourth-order valence-corrected chi connectivity index (χ4v) is 2.72. The molecule has 0 aliphatic rings. The quantitative estimate of drug-likeness (QED) is 0.655. The molecule has 0 saturated heterocycles. The summed E-state index contributed by atoms with van der Waals surface area (Å²) in [6.07, 6.45) is -4.08. The van der Waals surface area contributed by atoms with Gasteiger partial charge in [0, 0.05) is 0 Å². The summed E-state index contributed by atoms with van der Waals surface area (Å²) in [5.74, 6) is 5.24. The van der Waals surface area contributed by atoms with Crippen molar-refractivity contribution in [3.63, 3.8) is 0 Å². The Kier molecular flexibility index (Phi) is 4.76. The second-order valence-corrected chi connectivity index (χ2v) is 4.94. The number of alkyl halides is 3. The van der Waals surface area contributed by atoms with Gasteiger partial charge in [0.2, 0.25) is 0 Å². The van der Waals surface area contributed by atoms with E-state index in [4.69, 9.17) is 5.84 Å². The average molecular weight is 318 g/mol. The van der Waals surface area contributed by atoms with E-state index in [2.05, 4.69) is 19.7 Å². The number of ether oxygens (including phenoxy) is 1. The minimum atomic E-state index is -4.73. The fourth-order valence-electron chi connectivity index (χ4n) is 1.89. The van der Waals surface area contributed by atoms with Crippen LogP contribution in [-0.2, 0) is 6.42 Å². The Morgan fingerprint density at radius 2 is 2.19 bits per heavy atom. The van der Waals surface area contributed by atoms with Gasteiger partial charge in [-0.25, -0.2) is 5.43 Å². The summed E-state index contributed by atoms with van der Waals surface area (Å²) in [4.78, 5) is 0.768. The number of hydrogen-bond acceptors (Lipinski definition) is 6. The first-order valence-corrected chi connectivity index (χ1v) is 6.85. The van der Waals surface area contributed by atoms with Crippen molar-refractivity contribution >= 4 is 11.5 Å². The zero-order valence-corrected chi connectivity index (χ0v) is 11.8. The Hall–Kier alpha value is -1.71. The molecule has 21 heavy (non-hydrogen) atoms. The van der Waals surface area contributed by atoms with Crippen LogP contribution in [0.3, 0.4) is 0 Å². The monoisotopic (exact) mass is 318 g/mol. The molecular formula is C12H13F3N4OS. The molecule has 0 amide bonds. The van der Waals surface area contributed by atoms with Gasteiger partial charge in [0.05, 0.1) is 16.6 Å². The van der Waals surface area contributed by atoms with Gasteiger partial charge < -0.3 is 4.74 Å². The van der Waals surface area contributed by atoms with Crippen molar-refractivity contribution in [2.24, 2.45) is 5.84 Å². The van der Waals surface area contributed by atoms with Crippen molar-refractivity contribution in [3.05, 3.63) is 40.4 Å². The molecule has 1 heterocycles. The van der Waals surface area contributed by atoms with Crippen LogP contribution >= 0.6 is 11.5 Å². The lowest BCUT2D eigenvalue weighted by Crippen LogP contribution is -2.29. The maximum absolute atomic E-state index is 12.3. The maximum atomic E-state index is 12.3. The summed E-state index contributed by atoms with van der Waals surface area (Å²) >= 11 is 1.15. The van der Waals surface area contributed by atoms with Crippen LogP contribution in [0.1, 0.15) is 29.1 Å². The minimum Gasteiger partial charge on any atom is -0.406 e. The van der Waals surface area contributed by atoms with E-state index in [9.17, 15) is 13.2 Å². The molecule has 0 bridgehead atoms. The summed E-state index contributed by atoms with van der Waals surface area (Å²) in [7, 11) is 0. The Balaban J connectivity index is 2.33. The number of nitrogens with two attached hydrogens (primary N) is 1. The van der Waals surface area contributed by atoms with E-state index in [-0.39, 0.29) is 5.75 Å². The second-order valence-electron chi connectivity index (χ2n) is 4.16. The molecule has 0 aliphatic heterocycles. The van der Waals surface area contributed by atoms with Crippen LogP contribution < -0.4 is 16.0 Å². The molecule has 1 unspecified atom stereocenters. The van der Waals surface area contributed by atoms with E-state index in [0.29, 0.717) is 12.0 Å². The molecular weight excluding hydrogens is 305 g/mol. The first-order valence-electron chi connectivity index (χ1n) is 6.07. The standard InChI is InChI=1S/C12H13F3N4OS/c1-2-9-11(21-19-18-9)10(17-16)7-4-3-5-8(6-7)20-12(13,14)15/h3-6,10,17H,2,16H2,1H3. The number of rotatable bonds is 5. The molecule has 5 nitrogen and oxygen atoms in total. The molecule has 1 atom stereocenters. The first kappa shape index (κ1) is 15.7. The third-order valence-corrected chi connectivity index (χ3v) is 3.61. The number of benzene rings is 1. The lowest BCUT2D eigenvalue weighted by atomic mass is 10.0. The van der Waals surface area contributed by atoms with Gasteiger partial charge in [-0.1, -0.05) is 23.5 Å². The van der Waals surface area contributed by atoms with E-state index in [1.54, 1.807) is 6.07 Å². The van der Waals surface area contributed by atoms with E-state index < -0.39 is 12.4 Å². The number of hydrogen-bond donors (Lipinski definition) is 2. The normalized spacial score (nSPS) is 13.2. The molecule has 9 heteroatoms. The number of halogens is 3. The molecule has 0 fully saturated rings. The van der Waals surface area contributed by atoms with E-state index in [1.807, 2.05) is 6.92 Å². The molecule has 0 aliphatic carbocycles. The largest absolute Gasteiger partial charge is 0.573 e. The Labute approximate surface area is 123 Å². The maximum Gasteiger partial charge on any atom is 0.573 e. The minimum absolute atomic E-state index is 0.296. The Morgan fingerprint density at radius 3 is 2.81 bits per heavy atom. The summed E-state index contributed by atoms with van der Waals surface area (Å²) in [5, 5.41) is 3.97. The van der Waals surface area contributed by atoms with Crippen molar-refractivity contribution in [3.8, 4) is 5.75 Å². The van der Waals surface area contributed by atoms with Crippen molar-refractivity contribution in [1.82, 2.24) is 15.0 Å². The van der Waals surface area contributed by atoms with Gasteiger partial charge in [-0.15, -0.1) is 18.3 Å². The highest BCUT2D eigenvalue weighted by atomic mass is 32.1. The highest BCUT2D eigenvalue weighted by Gasteiger charge is 2.31. The molecule has 0 radical (unpaired) electrons. The van der Waals surface area contributed by atoms with Gasteiger partial charge in [-0.05, 0) is 35.6 Å². The fraction of sp³-hybridized carbons (Fsp3) is 0.333. The van der Waals surface area contributed by atoms with E-state index >= 15 is 0 Å². The van der Waals surface area contributed by atoms with Gasteiger partial charge in [0.1, 0.15) is 5.75 Å². The smallest absolute Gasteiger partial charge is 0.406 e. The number of hydrazine groups is 1. The molecule has 2 rings (SSSR count). The van der Waals surface area contributed by atoms with Gasteiger partial charge >= 0.3 is 6.36 Å². The van der Waals surface area contributed by atoms with Crippen molar-refractivity contribution in [2.75, 3.05) is 0 Å². The summed E-state index contributed by atoms with van der Waals surface area (Å²) in [6, 6.07) is 5.16. The summed E-state index contributed by atoms with van der Waals surface area (Å²) in [5.41, 5.74) is 3.88. The second kappa shape index (κ2) is 6.37. The number of nitrogens with zero attached hydrogens (tertiary/aromatic N) is 2. The van der Waals surface area contributed by atoms with Gasteiger partial charge in [0.15, 0.2) is 0 Å². The van der Waals surface area contributed by atoms with Crippen molar-refractivity contribution < 1.29 is 17.9 Å². The predicted octanol–water partition coefficient (Wildman–Crippen LogP) is 2.55. The number of aryl methyl sites for hydroxylation is 1. The third-order valence-electron chi connectivity index (χ3n) is 2.77. The van der Waals surface area contributed by atoms with Crippen molar-refractivity contribution in [2.45, 2.75) is 25.7 Å². The number of aromatic nitrogens is 2. The molecule has 1 aromatic heterocycles. The topological polar surface area (TPSA) is 73.1 Å². The highest BCUT2D eigenvalue weighted by molar-refractivity contribution is 7.05. The first-order chi connectivity index (χ1) is 9.94. The van der Waals surface area contributed by atoms with Gasteiger partial charge in [-0.3, -0.25) is 5.84 Å². The van der Waals surface area contributed by atoms with Gasteiger partial charge in [-0.2, -0.15) is 0 Å². The predicted molar refractivity (Wildman–Crippen MR) is 71.6 cm³/mol. The van der Waals surface area contributed by atoms with Crippen LogP contribution in [0.15, 0.2) is 24.3 Å². The number of nitrogens with one attached hydrogen (secondary N) is 1. The molecule has 3 N–H and O–H groups in total. The van der Waals surface area contributed by atoms with Crippen molar-refractivity contribution in [1.29, 1.82) is 0 Å². The van der Waals surface area contributed by atoms with Crippen LogP contribution in [-0.4, -0.2) is 15.9 Å². The zero-order chi connectivity index (χ0) is 15.5. The SMILES string of the molecule is CCc1nnsc1C(NN)c1cccc(OC(F)(F)F)c1. The molecule has 114 valence electrons. The van der Waals surface area contributed by atoms with E-state index in [0.717, 1.165) is 22.1 Å². The van der Waals surface area contributed by atoms with Crippen LogP contribution in [0.2, 0.25) is 0 Å². The van der Waals surface area contributed by atoms with E-state index in [1.165, 1.54) is 18.2 Å². The molecule has 2 aromatic rings. The van der Waals surface area contributed by atoms with Crippen LogP contribution in [0, 0.1) is 0 Å². The van der Waals surface area contributed by atoms with Crippen LogP contribution in [0.25, 0.3) is 0 Å². The Bertz CT molecular complexity index is 602. The third kappa shape index (κ3) is 3.90. The van der Waals surface area contributed by atoms with Crippen LogP contribution in [0.4, 0.5) is 13.2 Å². The Morgan fingerprint density at radius 1 is 1.43 bits per heavy atom.